The summed E-state index contributed by atoms with van der Waals surface area (Å²) in [5, 5.41) is 3.80. The Morgan fingerprint density at radius 3 is 2.95 bits per heavy atom. The van der Waals surface area contributed by atoms with E-state index in [1.165, 1.54) is 12.1 Å². The molecule has 96 valence electrons. The van der Waals surface area contributed by atoms with Crippen LogP contribution in [-0.4, -0.2) is 4.98 Å². The fraction of sp³-hybridized carbons (Fsp3) is 0.0714. The van der Waals surface area contributed by atoms with Gasteiger partial charge in [-0.2, -0.15) is 0 Å². The van der Waals surface area contributed by atoms with E-state index in [0.29, 0.717) is 28.6 Å². The van der Waals surface area contributed by atoms with Crippen molar-refractivity contribution < 1.29 is 8.81 Å². The lowest BCUT2D eigenvalue weighted by Gasteiger charge is -2.03. The van der Waals surface area contributed by atoms with Gasteiger partial charge in [0.1, 0.15) is 11.3 Å². The van der Waals surface area contributed by atoms with Gasteiger partial charge >= 0.3 is 0 Å². The molecule has 1 heterocycles. The fourth-order valence-electron chi connectivity index (χ4n) is 1.80. The Bertz CT molecular complexity index is 726. The number of rotatable bonds is 3. The lowest BCUT2D eigenvalue weighted by molar-refractivity contribution is 0.537. The van der Waals surface area contributed by atoms with Gasteiger partial charge in [-0.1, -0.05) is 17.7 Å². The van der Waals surface area contributed by atoms with Crippen LogP contribution in [0, 0.1) is 5.82 Å². The minimum atomic E-state index is -0.335. The average molecular weight is 277 g/mol. The minimum absolute atomic E-state index is 0.335. The second-order valence-corrected chi connectivity index (χ2v) is 4.52. The third-order valence-corrected chi connectivity index (χ3v) is 2.90. The molecule has 3 aromatic rings. The number of anilines is 1. The Kier molecular flexibility index (Phi) is 3.09. The maximum absolute atomic E-state index is 13.0. The molecular weight excluding hydrogens is 267 g/mol. The summed E-state index contributed by atoms with van der Waals surface area (Å²) in [4.78, 5) is 4.26. The topological polar surface area (TPSA) is 38.1 Å². The van der Waals surface area contributed by atoms with E-state index in [1.54, 1.807) is 12.1 Å². The molecule has 0 bridgehead atoms. The summed E-state index contributed by atoms with van der Waals surface area (Å²) < 4.78 is 18.5. The molecule has 3 nitrogen and oxygen atoms in total. The van der Waals surface area contributed by atoms with E-state index in [4.69, 9.17) is 16.0 Å². The molecule has 3 rings (SSSR count). The molecule has 0 saturated heterocycles. The summed E-state index contributed by atoms with van der Waals surface area (Å²) in [6, 6.07) is 11.6. The number of aromatic nitrogens is 1. The number of nitrogens with one attached hydrogen (secondary N) is 1. The van der Waals surface area contributed by atoms with Crippen LogP contribution in [0.3, 0.4) is 0 Å². The van der Waals surface area contributed by atoms with E-state index in [-0.39, 0.29) is 5.82 Å². The van der Waals surface area contributed by atoms with Crippen LogP contribution >= 0.6 is 11.6 Å². The van der Waals surface area contributed by atoms with Gasteiger partial charge in [-0.25, -0.2) is 9.37 Å². The zero-order valence-electron chi connectivity index (χ0n) is 9.86. The fourth-order valence-corrected chi connectivity index (χ4v) is 1.99. The first kappa shape index (κ1) is 12.0. The van der Waals surface area contributed by atoms with Crippen LogP contribution in [0.4, 0.5) is 10.1 Å². The third kappa shape index (κ3) is 2.69. The number of fused-ring (bicyclic) bond motifs is 1. The van der Waals surface area contributed by atoms with Crippen molar-refractivity contribution in [2.45, 2.75) is 6.54 Å². The van der Waals surface area contributed by atoms with Crippen LogP contribution < -0.4 is 5.32 Å². The minimum Gasteiger partial charge on any atom is -0.439 e. The molecule has 19 heavy (non-hydrogen) atoms. The lowest BCUT2D eigenvalue weighted by atomic mass is 10.3. The van der Waals surface area contributed by atoms with Crippen LogP contribution in [0.5, 0.6) is 0 Å². The first-order valence-electron chi connectivity index (χ1n) is 5.75. The van der Waals surface area contributed by atoms with Crippen molar-refractivity contribution in [1.29, 1.82) is 0 Å². The van der Waals surface area contributed by atoms with Gasteiger partial charge in [0.2, 0.25) is 5.89 Å². The van der Waals surface area contributed by atoms with Gasteiger partial charge in [0.25, 0.3) is 0 Å². The Morgan fingerprint density at radius 1 is 1.21 bits per heavy atom. The van der Waals surface area contributed by atoms with Gasteiger partial charge in [-0.15, -0.1) is 0 Å². The SMILES string of the molecule is Fc1ccc2nc(CNc3cccc(Cl)c3)oc2c1. The average Bonchev–Trinajstić information content (AvgIpc) is 2.78. The highest BCUT2D eigenvalue weighted by Crippen LogP contribution is 2.19. The summed E-state index contributed by atoms with van der Waals surface area (Å²) >= 11 is 5.89. The molecule has 1 N–H and O–H groups in total. The van der Waals surface area contributed by atoms with Crippen molar-refractivity contribution in [3.05, 3.63) is 59.2 Å². The van der Waals surface area contributed by atoms with Crippen molar-refractivity contribution in [2.75, 3.05) is 5.32 Å². The molecule has 2 aromatic carbocycles. The monoisotopic (exact) mass is 276 g/mol. The highest BCUT2D eigenvalue weighted by atomic mass is 35.5. The summed E-state index contributed by atoms with van der Waals surface area (Å²) in [5.41, 5.74) is 1.97. The summed E-state index contributed by atoms with van der Waals surface area (Å²) in [6.45, 7) is 0.413. The molecule has 0 aliphatic rings. The molecule has 0 spiro atoms. The Morgan fingerprint density at radius 2 is 2.11 bits per heavy atom. The van der Waals surface area contributed by atoms with E-state index in [2.05, 4.69) is 10.3 Å². The zero-order valence-corrected chi connectivity index (χ0v) is 10.6. The zero-order chi connectivity index (χ0) is 13.2. The molecule has 0 aliphatic carbocycles. The quantitative estimate of drug-likeness (QED) is 0.778. The third-order valence-electron chi connectivity index (χ3n) is 2.66. The van der Waals surface area contributed by atoms with Crippen molar-refractivity contribution in [3.8, 4) is 0 Å². The second-order valence-electron chi connectivity index (χ2n) is 4.08. The van der Waals surface area contributed by atoms with Gasteiger partial charge in [0, 0.05) is 16.8 Å². The van der Waals surface area contributed by atoms with Crippen LogP contribution in [0.25, 0.3) is 11.1 Å². The van der Waals surface area contributed by atoms with Crippen LogP contribution in [0.2, 0.25) is 5.02 Å². The molecule has 0 saturated carbocycles. The van der Waals surface area contributed by atoms with Gasteiger partial charge in [0.05, 0.1) is 6.54 Å². The number of oxazole rings is 1. The van der Waals surface area contributed by atoms with Gasteiger partial charge in [0.15, 0.2) is 5.58 Å². The van der Waals surface area contributed by atoms with E-state index < -0.39 is 0 Å². The molecule has 0 radical (unpaired) electrons. The lowest BCUT2D eigenvalue weighted by Crippen LogP contribution is -1.99. The van der Waals surface area contributed by atoms with Gasteiger partial charge < -0.3 is 9.73 Å². The molecular formula is C14H10ClFN2O. The number of hydrogen-bond donors (Lipinski definition) is 1. The maximum Gasteiger partial charge on any atom is 0.214 e. The molecule has 0 aliphatic heterocycles. The first-order valence-corrected chi connectivity index (χ1v) is 6.13. The summed E-state index contributed by atoms with van der Waals surface area (Å²) in [5.74, 6) is 0.165. The predicted molar refractivity (Wildman–Crippen MR) is 72.7 cm³/mol. The number of nitrogens with zero attached hydrogens (tertiary/aromatic N) is 1. The predicted octanol–water partition coefficient (Wildman–Crippen LogP) is 4.23. The smallest absolute Gasteiger partial charge is 0.214 e. The Hall–Kier alpha value is -2.07. The number of benzene rings is 2. The molecule has 0 unspecified atom stereocenters. The summed E-state index contributed by atoms with van der Waals surface area (Å²) in [7, 11) is 0. The van der Waals surface area contributed by atoms with Crippen LogP contribution in [-0.2, 0) is 6.54 Å². The van der Waals surface area contributed by atoms with E-state index in [9.17, 15) is 4.39 Å². The Balaban J connectivity index is 1.78. The second kappa shape index (κ2) is 4.90. The number of halogens is 2. The van der Waals surface area contributed by atoms with Crippen LogP contribution in [0.1, 0.15) is 5.89 Å². The number of hydrogen-bond acceptors (Lipinski definition) is 3. The van der Waals surface area contributed by atoms with Crippen LogP contribution in [0.15, 0.2) is 46.9 Å². The molecule has 0 atom stereocenters. The van der Waals surface area contributed by atoms with Gasteiger partial charge in [-0.3, -0.25) is 0 Å². The maximum atomic E-state index is 13.0. The van der Waals surface area contributed by atoms with E-state index >= 15 is 0 Å². The first-order chi connectivity index (χ1) is 9.20. The van der Waals surface area contributed by atoms with Crippen molar-refractivity contribution >= 4 is 28.4 Å². The highest BCUT2D eigenvalue weighted by molar-refractivity contribution is 6.30. The summed E-state index contributed by atoms with van der Waals surface area (Å²) in [6.07, 6.45) is 0. The molecule has 5 heteroatoms. The van der Waals surface area contributed by atoms with E-state index in [1.807, 2.05) is 18.2 Å². The standard InChI is InChI=1S/C14H10ClFN2O/c15-9-2-1-3-11(6-9)17-8-14-18-12-5-4-10(16)7-13(12)19-14/h1-7,17H,8H2. The van der Waals surface area contributed by atoms with Crippen molar-refractivity contribution in [3.63, 3.8) is 0 Å². The normalized spacial score (nSPS) is 10.8. The molecule has 0 fully saturated rings. The van der Waals surface area contributed by atoms with Gasteiger partial charge in [-0.05, 0) is 30.3 Å². The molecule has 0 amide bonds. The molecule has 1 aromatic heterocycles. The van der Waals surface area contributed by atoms with Crippen molar-refractivity contribution in [1.82, 2.24) is 4.98 Å². The highest BCUT2D eigenvalue weighted by Gasteiger charge is 2.06. The Labute approximate surface area is 114 Å². The van der Waals surface area contributed by atoms with E-state index in [0.717, 1.165) is 5.69 Å². The van der Waals surface area contributed by atoms with Crippen molar-refractivity contribution in [2.24, 2.45) is 0 Å². The largest absolute Gasteiger partial charge is 0.439 e.